The lowest BCUT2D eigenvalue weighted by atomic mass is 10.0. The standard InChI is InChI=1S/C39H73N3O13S/c1-2-3-4-5-6-7-8-9-10-11-12-13-14-15-17-52-29-30-26-42(41-40-30)16-18-49-19-20-50-21-22-51-23-24-53-38-34(25-31(45)32(27-43)54-38)56-39-37(48)36(47)35(46)33(28-44)55-39/h26,31-39,43-48H,2-25,27-29H2,1H3/t31-,32+,33+,34-,35+,36-,37-,38-,39+/m0/s1. The van der Waals surface area contributed by atoms with Gasteiger partial charge in [-0.05, 0) is 12.8 Å². The van der Waals surface area contributed by atoms with Crippen LogP contribution in [0.5, 0.6) is 0 Å². The highest BCUT2D eigenvalue weighted by Gasteiger charge is 2.47. The zero-order valence-corrected chi connectivity index (χ0v) is 34.5. The zero-order chi connectivity index (χ0) is 40.2. The molecule has 328 valence electrons. The highest BCUT2D eigenvalue weighted by molar-refractivity contribution is 8.00. The summed E-state index contributed by atoms with van der Waals surface area (Å²) in [5, 5.41) is 68.0. The Morgan fingerprint density at radius 1 is 0.661 bits per heavy atom. The van der Waals surface area contributed by atoms with Crippen molar-refractivity contribution in [3.8, 4) is 0 Å². The number of aliphatic hydroxyl groups is 6. The quantitative estimate of drug-likeness (QED) is 0.0551. The summed E-state index contributed by atoms with van der Waals surface area (Å²) in [5.41, 5.74) is -0.204. The van der Waals surface area contributed by atoms with E-state index in [2.05, 4.69) is 17.2 Å². The fourth-order valence-electron chi connectivity index (χ4n) is 6.65. The fourth-order valence-corrected chi connectivity index (χ4v) is 8.10. The van der Waals surface area contributed by atoms with Gasteiger partial charge >= 0.3 is 0 Å². The first-order valence-electron chi connectivity index (χ1n) is 21.1. The first kappa shape index (κ1) is 49.3. The molecule has 2 saturated heterocycles. The lowest BCUT2D eigenvalue weighted by Gasteiger charge is -2.43. The van der Waals surface area contributed by atoms with E-state index < -0.39 is 66.8 Å². The number of thioether (sulfide) groups is 1. The third kappa shape index (κ3) is 19.8. The molecule has 17 heteroatoms. The summed E-state index contributed by atoms with van der Waals surface area (Å²) in [5.74, 6) is 0. The maximum Gasteiger partial charge on any atom is 0.170 e. The van der Waals surface area contributed by atoms with Gasteiger partial charge in [0.05, 0.1) is 90.2 Å². The second kappa shape index (κ2) is 30.9. The molecule has 3 heterocycles. The minimum absolute atomic E-state index is 0.142. The van der Waals surface area contributed by atoms with Gasteiger partial charge in [0.25, 0.3) is 0 Å². The van der Waals surface area contributed by atoms with Crippen molar-refractivity contribution in [3.05, 3.63) is 11.9 Å². The van der Waals surface area contributed by atoms with Crippen LogP contribution < -0.4 is 0 Å². The summed E-state index contributed by atoms with van der Waals surface area (Å²) in [7, 11) is 0. The minimum atomic E-state index is -1.52. The Balaban J connectivity index is 1.12. The van der Waals surface area contributed by atoms with Gasteiger partial charge in [0, 0.05) is 6.61 Å². The minimum Gasteiger partial charge on any atom is -0.394 e. The van der Waals surface area contributed by atoms with Crippen molar-refractivity contribution < 1.29 is 63.8 Å². The van der Waals surface area contributed by atoms with Crippen LogP contribution in [0.15, 0.2) is 6.20 Å². The number of nitrogens with zero attached hydrogens (tertiary/aromatic N) is 3. The third-order valence-corrected chi connectivity index (χ3v) is 11.5. The van der Waals surface area contributed by atoms with E-state index in [-0.39, 0.29) is 19.6 Å². The van der Waals surface area contributed by atoms with Crippen LogP contribution in [-0.2, 0) is 46.3 Å². The van der Waals surface area contributed by atoms with Crippen LogP contribution in [0.25, 0.3) is 0 Å². The van der Waals surface area contributed by atoms with Crippen molar-refractivity contribution in [1.29, 1.82) is 0 Å². The Labute approximate surface area is 337 Å². The van der Waals surface area contributed by atoms with Crippen LogP contribution in [0.3, 0.4) is 0 Å². The molecule has 9 atom stereocenters. The average Bonchev–Trinajstić information content (AvgIpc) is 3.66. The number of hydrogen-bond donors (Lipinski definition) is 6. The summed E-state index contributed by atoms with van der Waals surface area (Å²) in [6.07, 6.45) is 12.6. The molecule has 2 aliphatic rings. The first-order valence-corrected chi connectivity index (χ1v) is 22.0. The van der Waals surface area contributed by atoms with E-state index in [1.165, 1.54) is 83.5 Å². The Morgan fingerprint density at radius 2 is 1.23 bits per heavy atom. The Bertz CT molecular complexity index is 1080. The molecule has 2 aliphatic heterocycles. The molecular weight excluding hydrogens is 751 g/mol. The molecule has 0 amide bonds. The van der Waals surface area contributed by atoms with Crippen molar-refractivity contribution in [2.75, 3.05) is 66.1 Å². The Hall–Kier alpha value is -1.03. The molecule has 6 N–H and O–H groups in total. The van der Waals surface area contributed by atoms with E-state index in [9.17, 15) is 30.6 Å². The van der Waals surface area contributed by atoms with Gasteiger partial charge in [-0.25, -0.2) is 4.68 Å². The molecule has 0 radical (unpaired) electrons. The van der Waals surface area contributed by atoms with Gasteiger partial charge in [0.2, 0.25) is 0 Å². The van der Waals surface area contributed by atoms with Crippen LogP contribution in [0.4, 0.5) is 0 Å². The topological polar surface area (TPSA) is 217 Å². The number of unbranched alkanes of at least 4 members (excludes halogenated alkanes) is 13. The molecule has 0 unspecified atom stereocenters. The molecule has 2 fully saturated rings. The molecule has 0 bridgehead atoms. The second-order valence-electron chi connectivity index (χ2n) is 14.7. The Morgan fingerprint density at radius 3 is 1.84 bits per heavy atom. The maximum absolute atomic E-state index is 10.4. The van der Waals surface area contributed by atoms with Crippen LogP contribution in [0.1, 0.15) is 109 Å². The largest absolute Gasteiger partial charge is 0.394 e. The molecule has 0 spiro atoms. The summed E-state index contributed by atoms with van der Waals surface area (Å²) < 4.78 is 41.6. The molecule has 1 aromatic rings. The lowest BCUT2D eigenvalue weighted by Crippen LogP contribution is -2.58. The van der Waals surface area contributed by atoms with E-state index in [4.69, 9.17) is 33.2 Å². The van der Waals surface area contributed by atoms with Crippen LogP contribution >= 0.6 is 11.8 Å². The van der Waals surface area contributed by atoms with Crippen LogP contribution in [-0.4, -0.2) is 165 Å². The number of ether oxygens (including phenoxy) is 7. The van der Waals surface area contributed by atoms with Gasteiger partial charge in [-0.3, -0.25) is 0 Å². The fraction of sp³-hybridized carbons (Fsp3) is 0.949. The molecule has 1 aromatic heterocycles. The number of hydrogen-bond acceptors (Lipinski definition) is 16. The monoisotopic (exact) mass is 823 g/mol. The normalized spacial score (nSPS) is 26.9. The van der Waals surface area contributed by atoms with Crippen molar-refractivity contribution in [2.45, 2.75) is 170 Å². The number of aromatic nitrogens is 3. The van der Waals surface area contributed by atoms with Gasteiger partial charge < -0.3 is 63.8 Å². The molecule has 0 aromatic carbocycles. The van der Waals surface area contributed by atoms with Crippen LogP contribution in [0.2, 0.25) is 0 Å². The predicted octanol–water partition coefficient (Wildman–Crippen LogP) is 2.71. The van der Waals surface area contributed by atoms with Crippen molar-refractivity contribution in [1.82, 2.24) is 15.0 Å². The van der Waals surface area contributed by atoms with Crippen LogP contribution in [0, 0.1) is 0 Å². The van der Waals surface area contributed by atoms with Gasteiger partial charge in [0.1, 0.15) is 41.6 Å². The maximum atomic E-state index is 10.4. The second-order valence-corrected chi connectivity index (χ2v) is 16.1. The summed E-state index contributed by atoms with van der Waals surface area (Å²) in [6.45, 7) is 5.50. The molecule has 0 saturated carbocycles. The molecule has 3 rings (SSSR count). The Kier molecular flexibility index (Phi) is 27.2. The van der Waals surface area contributed by atoms with Gasteiger partial charge in [-0.1, -0.05) is 95.6 Å². The van der Waals surface area contributed by atoms with E-state index >= 15 is 0 Å². The first-order chi connectivity index (χ1) is 27.4. The van der Waals surface area contributed by atoms with E-state index in [1.807, 2.05) is 6.20 Å². The summed E-state index contributed by atoms with van der Waals surface area (Å²) in [4.78, 5) is 0. The average molecular weight is 824 g/mol. The number of rotatable bonds is 34. The van der Waals surface area contributed by atoms with E-state index in [0.717, 1.165) is 30.5 Å². The van der Waals surface area contributed by atoms with Gasteiger partial charge in [-0.15, -0.1) is 16.9 Å². The molecular formula is C39H73N3O13S. The highest BCUT2D eigenvalue weighted by atomic mass is 32.2. The van der Waals surface area contributed by atoms with Crippen molar-refractivity contribution >= 4 is 11.8 Å². The third-order valence-electron chi connectivity index (χ3n) is 10.0. The molecule has 0 aliphatic carbocycles. The zero-order valence-electron chi connectivity index (χ0n) is 33.7. The van der Waals surface area contributed by atoms with Gasteiger partial charge in [0.15, 0.2) is 6.29 Å². The number of aliphatic hydroxyl groups excluding tert-OH is 6. The lowest BCUT2D eigenvalue weighted by molar-refractivity contribution is -0.230. The summed E-state index contributed by atoms with van der Waals surface area (Å²) >= 11 is 1.06. The summed E-state index contributed by atoms with van der Waals surface area (Å²) in [6, 6.07) is 0. The highest BCUT2D eigenvalue weighted by Crippen LogP contribution is 2.37. The SMILES string of the molecule is CCCCCCCCCCCCCCCCOCc1cn(CCOCCOCCOCCO[C@H]2O[C@H](CO)[C@@H](O)C[C@@H]2S[C@H]2O[C@H](CO)[C@@H](O)[C@H](O)[C@@H]2O)nn1. The molecule has 16 nitrogen and oxygen atoms in total. The van der Waals surface area contributed by atoms with E-state index in [0.29, 0.717) is 46.2 Å². The smallest absolute Gasteiger partial charge is 0.170 e. The van der Waals surface area contributed by atoms with Gasteiger partial charge in [-0.2, -0.15) is 0 Å². The van der Waals surface area contributed by atoms with Crippen molar-refractivity contribution in [2.24, 2.45) is 0 Å². The van der Waals surface area contributed by atoms with E-state index in [1.54, 1.807) is 4.68 Å². The molecule has 56 heavy (non-hydrogen) atoms. The predicted molar refractivity (Wildman–Crippen MR) is 210 cm³/mol. The van der Waals surface area contributed by atoms with Crippen molar-refractivity contribution in [3.63, 3.8) is 0 Å².